The summed E-state index contributed by atoms with van der Waals surface area (Å²) in [4.78, 5) is 21.2. The summed E-state index contributed by atoms with van der Waals surface area (Å²) in [5.41, 5.74) is 3.05. The van der Waals surface area contributed by atoms with E-state index in [9.17, 15) is 14.3 Å². The molecule has 0 saturated heterocycles. The number of aliphatic hydroxyl groups is 1. The van der Waals surface area contributed by atoms with Crippen molar-refractivity contribution in [1.29, 1.82) is 0 Å². The number of ether oxygens (including phenoxy) is 1. The summed E-state index contributed by atoms with van der Waals surface area (Å²) < 4.78 is 18.7. The number of amides is 1. The number of β-amino-alcohol motifs (C(OH)–C–C–N with tert-alkyl or cyclic N) is 1. The zero-order chi connectivity index (χ0) is 18.1. The van der Waals surface area contributed by atoms with E-state index in [1.807, 2.05) is 24.3 Å². The Kier molecular flexibility index (Phi) is 4.40. The first kappa shape index (κ1) is 16.7. The number of nitrogens with zero attached hydrogens (tertiary/aromatic N) is 2. The Balaban J connectivity index is 1.35. The molecule has 1 atom stereocenters. The average Bonchev–Trinajstić information content (AvgIpc) is 3.03. The molecule has 1 aliphatic rings. The zero-order valence-electron chi connectivity index (χ0n) is 14.0. The van der Waals surface area contributed by atoms with E-state index in [2.05, 4.69) is 9.97 Å². The van der Waals surface area contributed by atoms with Gasteiger partial charge in [0.15, 0.2) is 0 Å². The van der Waals surface area contributed by atoms with Gasteiger partial charge in [0, 0.05) is 6.54 Å². The van der Waals surface area contributed by atoms with Crippen molar-refractivity contribution < 1.29 is 19.0 Å². The Morgan fingerprint density at radius 2 is 2.19 bits per heavy atom. The minimum absolute atomic E-state index is 0.111. The number of imidazole rings is 1. The van der Waals surface area contributed by atoms with E-state index in [-0.39, 0.29) is 31.5 Å². The van der Waals surface area contributed by atoms with Gasteiger partial charge in [0.05, 0.1) is 23.7 Å². The Morgan fingerprint density at radius 1 is 1.35 bits per heavy atom. The average molecular weight is 355 g/mol. The second-order valence-electron chi connectivity index (χ2n) is 6.33. The molecule has 1 aliphatic heterocycles. The van der Waals surface area contributed by atoms with E-state index in [1.165, 1.54) is 12.1 Å². The maximum Gasteiger partial charge on any atom is 0.248 e. The summed E-state index contributed by atoms with van der Waals surface area (Å²) in [5, 5.41) is 10.2. The van der Waals surface area contributed by atoms with Crippen LogP contribution in [0.2, 0.25) is 0 Å². The normalized spacial score (nSPS) is 16.7. The molecule has 6 nitrogen and oxygen atoms in total. The Labute approximate surface area is 149 Å². The summed E-state index contributed by atoms with van der Waals surface area (Å²) >= 11 is 0. The van der Waals surface area contributed by atoms with Gasteiger partial charge < -0.3 is 19.7 Å². The summed E-state index contributed by atoms with van der Waals surface area (Å²) in [5.74, 6) is -0.00383. The second-order valence-corrected chi connectivity index (χ2v) is 6.33. The molecule has 134 valence electrons. The molecule has 2 heterocycles. The minimum Gasteiger partial charge on any atom is -0.387 e. The molecular formula is C19H18FN3O3. The van der Waals surface area contributed by atoms with Crippen LogP contribution in [0.5, 0.6) is 0 Å². The molecule has 2 N–H and O–H groups in total. The standard InChI is InChI=1S/C19H18FN3O3/c20-13-5-6-15-16(7-13)22-18(21-15)10-26-11-19(25)23-8-12-3-1-2-4-14(12)17(24)9-23/h1-7,17,24H,8-11H2,(H,21,22). The minimum atomic E-state index is -0.686. The fourth-order valence-corrected chi connectivity index (χ4v) is 3.20. The first-order chi connectivity index (χ1) is 12.6. The van der Waals surface area contributed by atoms with Crippen molar-refractivity contribution in [3.8, 4) is 0 Å². The smallest absolute Gasteiger partial charge is 0.248 e. The number of hydrogen-bond acceptors (Lipinski definition) is 4. The predicted molar refractivity (Wildman–Crippen MR) is 92.5 cm³/mol. The first-order valence-electron chi connectivity index (χ1n) is 8.35. The lowest BCUT2D eigenvalue weighted by Gasteiger charge is -2.32. The number of halogens is 1. The summed E-state index contributed by atoms with van der Waals surface area (Å²) in [6, 6.07) is 11.8. The van der Waals surface area contributed by atoms with E-state index in [0.29, 0.717) is 23.4 Å². The van der Waals surface area contributed by atoms with Crippen molar-refractivity contribution in [3.05, 3.63) is 65.2 Å². The van der Waals surface area contributed by atoms with Gasteiger partial charge in [0.2, 0.25) is 5.91 Å². The Hall–Kier alpha value is -2.77. The van der Waals surface area contributed by atoms with Crippen LogP contribution >= 0.6 is 0 Å². The van der Waals surface area contributed by atoms with Crippen LogP contribution in [0.4, 0.5) is 4.39 Å². The van der Waals surface area contributed by atoms with E-state index < -0.39 is 6.10 Å². The maximum absolute atomic E-state index is 13.2. The van der Waals surface area contributed by atoms with Crippen molar-refractivity contribution in [2.45, 2.75) is 19.3 Å². The van der Waals surface area contributed by atoms with Crippen LogP contribution in [0.3, 0.4) is 0 Å². The summed E-state index contributed by atoms with van der Waals surface area (Å²) in [6.07, 6.45) is -0.686. The summed E-state index contributed by atoms with van der Waals surface area (Å²) in [6.45, 7) is 0.720. The van der Waals surface area contributed by atoms with Gasteiger partial charge in [0.25, 0.3) is 0 Å². The molecule has 3 aromatic rings. The van der Waals surface area contributed by atoms with Gasteiger partial charge in [-0.2, -0.15) is 0 Å². The molecule has 0 fully saturated rings. The molecule has 26 heavy (non-hydrogen) atoms. The van der Waals surface area contributed by atoms with Crippen LogP contribution in [0.25, 0.3) is 11.0 Å². The van der Waals surface area contributed by atoms with Crippen molar-refractivity contribution >= 4 is 16.9 Å². The predicted octanol–water partition coefficient (Wildman–Crippen LogP) is 2.29. The van der Waals surface area contributed by atoms with Gasteiger partial charge in [0.1, 0.15) is 24.9 Å². The lowest BCUT2D eigenvalue weighted by atomic mass is 9.97. The molecule has 0 radical (unpaired) electrons. The fourth-order valence-electron chi connectivity index (χ4n) is 3.20. The number of fused-ring (bicyclic) bond motifs is 2. The molecule has 2 aromatic carbocycles. The molecular weight excluding hydrogens is 337 g/mol. The van der Waals surface area contributed by atoms with Gasteiger partial charge in [-0.1, -0.05) is 24.3 Å². The van der Waals surface area contributed by atoms with Crippen molar-refractivity contribution in [2.24, 2.45) is 0 Å². The van der Waals surface area contributed by atoms with Crippen molar-refractivity contribution in [2.75, 3.05) is 13.2 Å². The topological polar surface area (TPSA) is 78.5 Å². The lowest BCUT2D eigenvalue weighted by Crippen LogP contribution is -2.40. The second kappa shape index (κ2) is 6.86. The van der Waals surface area contributed by atoms with Crippen LogP contribution < -0.4 is 0 Å². The third-order valence-electron chi connectivity index (χ3n) is 4.48. The number of carbonyl (C=O) groups is 1. The van der Waals surface area contributed by atoms with Gasteiger partial charge in [-0.25, -0.2) is 9.37 Å². The van der Waals surface area contributed by atoms with Crippen LogP contribution in [-0.4, -0.2) is 39.0 Å². The zero-order valence-corrected chi connectivity index (χ0v) is 14.0. The number of H-pyrrole nitrogens is 1. The number of aliphatic hydroxyl groups excluding tert-OH is 1. The molecule has 1 amide bonds. The third kappa shape index (κ3) is 3.31. The van der Waals surface area contributed by atoms with Crippen LogP contribution in [0.15, 0.2) is 42.5 Å². The number of aromatic nitrogens is 2. The number of nitrogens with one attached hydrogen (secondary N) is 1. The van der Waals surface area contributed by atoms with Crippen LogP contribution in [0.1, 0.15) is 23.1 Å². The van der Waals surface area contributed by atoms with E-state index in [0.717, 1.165) is 11.1 Å². The van der Waals surface area contributed by atoms with Crippen LogP contribution in [-0.2, 0) is 22.7 Å². The largest absolute Gasteiger partial charge is 0.387 e. The molecule has 0 aliphatic carbocycles. The van der Waals surface area contributed by atoms with Crippen LogP contribution in [0, 0.1) is 5.82 Å². The van der Waals surface area contributed by atoms with E-state index in [4.69, 9.17) is 4.74 Å². The molecule has 1 unspecified atom stereocenters. The maximum atomic E-state index is 13.2. The fraction of sp³-hybridized carbons (Fsp3) is 0.263. The molecule has 0 bridgehead atoms. The molecule has 0 saturated carbocycles. The number of carbonyl (C=O) groups excluding carboxylic acids is 1. The number of benzene rings is 2. The molecule has 0 spiro atoms. The molecule has 7 heteroatoms. The molecule has 1 aromatic heterocycles. The Bertz CT molecular complexity index is 956. The number of aromatic amines is 1. The van der Waals surface area contributed by atoms with Gasteiger partial charge in [-0.05, 0) is 29.3 Å². The monoisotopic (exact) mass is 355 g/mol. The number of hydrogen-bond donors (Lipinski definition) is 2. The highest BCUT2D eigenvalue weighted by Gasteiger charge is 2.26. The van der Waals surface area contributed by atoms with Crippen molar-refractivity contribution in [1.82, 2.24) is 14.9 Å². The first-order valence-corrected chi connectivity index (χ1v) is 8.35. The lowest BCUT2D eigenvalue weighted by molar-refractivity contribution is -0.139. The number of rotatable bonds is 4. The van der Waals surface area contributed by atoms with Crippen molar-refractivity contribution in [3.63, 3.8) is 0 Å². The highest BCUT2D eigenvalue weighted by Crippen LogP contribution is 2.26. The molecule has 4 rings (SSSR count). The highest BCUT2D eigenvalue weighted by atomic mass is 19.1. The van der Waals surface area contributed by atoms with E-state index in [1.54, 1.807) is 11.0 Å². The Morgan fingerprint density at radius 3 is 3.08 bits per heavy atom. The van der Waals surface area contributed by atoms with Gasteiger partial charge in [-0.3, -0.25) is 4.79 Å². The highest BCUT2D eigenvalue weighted by molar-refractivity contribution is 5.78. The quantitative estimate of drug-likeness (QED) is 0.753. The SMILES string of the molecule is O=C(COCc1nc2ccc(F)cc2[nH]1)N1Cc2ccccc2C(O)C1. The summed E-state index contributed by atoms with van der Waals surface area (Å²) in [7, 11) is 0. The van der Waals surface area contributed by atoms with Gasteiger partial charge >= 0.3 is 0 Å². The third-order valence-corrected chi connectivity index (χ3v) is 4.48. The van der Waals surface area contributed by atoms with Gasteiger partial charge in [-0.15, -0.1) is 0 Å². The van der Waals surface area contributed by atoms with E-state index >= 15 is 0 Å².